The van der Waals surface area contributed by atoms with Crippen molar-refractivity contribution in [1.82, 2.24) is 29.6 Å². The van der Waals surface area contributed by atoms with E-state index in [9.17, 15) is 4.79 Å². The lowest BCUT2D eigenvalue weighted by Gasteiger charge is -2.20. The van der Waals surface area contributed by atoms with Crippen molar-refractivity contribution in [2.75, 3.05) is 18.8 Å². The van der Waals surface area contributed by atoms with Gasteiger partial charge in [0.2, 0.25) is 5.95 Å². The Hall–Kier alpha value is -3.29. The molecule has 1 aromatic carbocycles. The molecule has 0 bridgehead atoms. The summed E-state index contributed by atoms with van der Waals surface area (Å²) in [5, 5.41) is 4.62. The van der Waals surface area contributed by atoms with Gasteiger partial charge in [-0.05, 0) is 12.0 Å². The number of fused-ring (bicyclic) bond motifs is 1. The second kappa shape index (κ2) is 7.38. The molecule has 1 aliphatic rings. The Morgan fingerprint density at radius 1 is 1.07 bits per heavy atom. The van der Waals surface area contributed by atoms with Crippen LogP contribution in [-0.4, -0.2) is 48.6 Å². The van der Waals surface area contributed by atoms with Crippen molar-refractivity contribution in [2.24, 2.45) is 0 Å². The third-order valence-corrected chi connectivity index (χ3v) is 4.83. The standard InChI is InChI=1S/C20H23N7O/c1-13(2)15-12-16(23-20(21)22-15)19(28)26-9-8-17-24-18(25-27(17)11-10-26)14-6-4-3-5-7-14/h3-7,12-13H,8-11H2,1-2H3,(H2,21,22,23). The highest BCUT2D eigenvalue weighted by molar-refractivity contribution is 5.92. The summed E-state index contributed by atoms with van der Waals surface area (Å²) in [6, 6.07) is 11.6. The Bertz CT molecular complexity index is 972. The first-order chi connectivity index (χ1) is 13.5. The Balaban J connectivity index is 1.52. The van der Waals surface area contributed by atoms with E-state index in [1.807, 2.05) is 48.9 Å². The zero-order valence-electron chi connectivity index (χ0n) is 16.0. The molecule has 0 atom stereocenters. The first-order valence-electron chi connectivity index (χ1n) is 9.44. The molecule has 0 saturated carbocycles. The van der Waals surface area contributed by atoms with E-state index in [2.05, 4.69) is 20.1 Å². The topological polar surface area (TPSA) is 103 Å². The van der Waals surface area contributed by atoms with Crippen LogP contribution in [0.25, 0.3) is 11.4 Å². The summed E-state index contributed by atoms with van der Waals surface area (Å²) >= 11 is 0. The van der Waals surface area contributed by atoms with E-state index < -0.39 is 0 Å². The predicted octanol–water partition coefficient (Wildman–Crippen LogP) is 2.14. The molecule has 0 unspecified atom stereocenters. The molecular formula is C20H23N7O. The fourth-order valence-corrected chi connectivity index (χ4v) is 3.27. The van der Waals surface area contributed by atoms with Crippen molar-refractivity contribution in [3.8, 4) is 11.4 Å². The zero-order valence-corrected chi connectivity index (χ0v) is 16.0. The predicted molar refractivity (Wildman–Crippen MR) is 106 cm³/mol. The molecule has 0 fully saturated rings. The number of rotatable bonds is 3. The summed E-state index contributed by atoms with van der Waals surface area (Å²) in [5.74, 6) is 1.78. The average molecular weight is 377 g/mol. The minimum absolute atomic E-state index is 0.131. The lowest BCUT2D eigenvalue weighted by Crippen LogP contribution is -2.34. The van der Waals surface area contributed by atoms with Crippen LogP contribution < -0.4 is 5.73 Å². The van der Waals surface area contributed by atoms with Crippen LogP contribution >= 0.6 is 0 Å². The van der Waals surface area contributed by atoms with Gasteiger partial charge < -0.3 is 10.6 Å². The van der Waals surface area contributed by atoms with Crippen LogP contribution in [-0.2, 0) is 13.0 Å². The van der Waals surface area contributed by atoms with Crippen LogP contribution in [0.15, 0.2) is 36.4 Å². The molecule has 2 N–H and O–H groups in total. The fourth-order valence-electron chi connectivity index (χ4n) is 3.27. The van der Waals surface area contributed by atoms with Gasteiger partial charge in [0.15, 0.2) is 5.82 Å². The first-order valence-corrected chi connectivity index (χ1v) is 9.44. The number of nitrogens with zero attached hydrogens (tertiary/aromatic N) is 6. The molecule has 8 heteroatoms. The van der Waals surface area contributed by atoms with Gasteiger partial charge >= 0.3 is 0 Å². The number of carbonyl (C=O) groups is 1. The maximum Gasteiger partial charge on any atom is 0.272 e. The maximum absolute atomic E-state index is 13.0. The maximum atomic E-state index is 13.0. The van der Waals surface area contributed by atoms with Crippen LogP contribution in [0, 0.1) is 0 Å². The molecule has 0 spiro atoms. The molecule has 8 nitrogen and oxygen atoms in total. The zero-order chi connectivity index (χ0) is 19.7. The average Bonchev–Trinajstić information content (AvgIpc) is 3.01. The molecule has 1 aliphatic heterocycles. The Labute approximate surface area is 163 Å². The normalized spacial score (nSPS) is 14.0. The van der Waals surface area contributed by atoms with Gasteiger partial charge in [0.25, 0.3) is 5.91 Å². The number of carbonyl (C=O) groups excluding carboxylic acids is 1. The van der Waals surface area contributed by atoms with E-state index >= 15 is 0 Å². The number of benzene rings is 1. The Morgan fingerprint density at radius 2 is 1.86 bits per heavy atom. The third kappa shape index (κ3) is 3.58. The lowest BCUT2D eigenvalue weighted by molar-refractivity contribution is 0.0752. The van der Waals surface area contributed by atoms with Gasteiger partial charge in [-0.1, -0.05) is 44.2 Å². The van der Waals surface area contributed by atoms with Crippen molar-refractivity contribution in [3.05, 3.63) is 53.6 Å². The minimum Gasteiger partial charge on any atom is -0.368 e. The molecule has 0 aliphatic carbocycles. The van der Waals surface area contributed by atoms with E-state index in [0.717, 1.165) is 22.9 Å². The van der Waals surface area contributed by atoms with Crippen LogP contribution in [0.4, 0.5) is 5.95 Å². The molecule has 28 heavy (non-hydrogen) atoms. The van der Waals surface area contributed by atoms with Gasteiger partial charge in [0.05, 0.1) is 6.54 Å². The molecule has 3 heterocycles. The number of nitrogen functional groups attached to an aromatic ring is 1. The second-order valence-corrected chi connectivity index (χ2v) is 7.17. The van der Waals surface area contributed by atoms with Crippen molar-refractivity contribution < 1.29 is 4.79 Å². The van der Waals surface area contributed by atoms with E-state index in [1.165, 1.54) is 0 Å². The van der Waals surface area contributed by atoms with Gasteiger partial charge in [-0.15, -0.1) is 0 Å². The fraction of sp³-hybridized carbons (Fsp3) is 0.350. The highest BCUT2D eigenvalue weighted by Gasteiger charge is 2.24. The van der Waals surface area contributed by atoms with Crippen LogP contribution in [0.2, 0.25) is 0 Å². The summed E-state index contributed by atoms with van der Waals surface area (Å²) in [6.07, 6.45) is 0.642. The smallest absolute Gasteiger partial charge is 0.272 e. The molecular weight excluding hydrogens is 354 g/mol. The highest BCUT2D eigenvalue weighted by Crippen LogP contribution is 2.19. The molecule has 3 aromatic rings. The van der Waals surface area contributed by atoms with Crippen molar-refractivity contribution in [3.63, 3.8) is 0 Å². The van der Waals surface area contributed by atoms with Crippen LogP contribution in [0.3, 0.4) is 0 Å². The van der Waals surface area contributed by atoms with Gasteiger partial charge in [0.1, 0.15) is 11.5 Å². The van der Waals surface area contributed by atoms with E-state index in [1.54, 1.807) is 11.0 Å². The number of aromatic nitrogens is 5. The van der Waals surface area contributed by atoms with Crippen molar-refractivity contribution >= 4 is 11.9 Å². The number of amides is 1. The van der Waals surface area contributed by atoms with Gasteiger partial charge in [0, 0.05) is 30.8 Å². The summed E-state index contributed by atoms with van der Waals surface area (Å²) < 4.78 is 1.89. The van der Waals surface area contributed by atoms with Crippen LogP contribution in [0.5, 0.6) is 0 Å². The monoisotopic (exact) mass is 377 g/mol. The summed E-state index contributed by atoms with van der Waals surface area (Å²) in [5.41, 5.74) is 7.91. The van der Waals surface area contributed by atoms with Crippen molar-refractivity contribution in [1.29, 1.82) is 0 Å². The van der Waals surface area contributed by atoms with Gasteiger partial charge in [-0.3, -0.25) is 4.79 Å². The number of hydrogen-bond acceptors (Lipinski definition) is 6. The molecule has 4 rings (SSSR count). The third-order valence-electron chi connectivity index (χ3n) is 4.83. The molecule has 0 saturated heterocycles. The number of hydrogen-bond donors (Lipinski definition) is 1. The second-order valence-electron chi connectivity index (χ2n) is 7.17. The van der Waals surface area contributed by atoms with E-state index in [0.29, 0.717) is 31.7 Å². The summed E-state index contributed by atoms with van der Waals surface area (Å²) in [4.78, 5) is 27.8. The minimum atomic E-state index is -0.134. The largest absolute Gasteiger partial charge is 0.368 e. The molecule has 2 aromatic heterocycles. The molecule has 0 radical (unpaired) electrons. The SMILES string of the molecule is CC(C)c1cc(C(=O)N2CCc3nc(-c4ccccc4)nn3CC2)nc(N)n1. The summed E-state index contributed by atoms with van der Waals surface area (Å²) in [6.45, 7) is 5.73. The first kappa shape index (κ1) is 18.1. The van der Waals surface area contributed by atoms with Gasteiger partial charge in [-0.2, -0.15) is 5.10 Å². The number of nitrogens with two attached hydrogens (primary N) is 1. The lowest BCUT2D eigenvalue weighted by atomic mass is 10.1. The van der Waals surface area contributed by atoms with Gasteiger partial charge in [-0.25, -0.2) is 19.6 Å². The molecule has 1 amide bonds. The molecule has 144 valence electrons. The summed E-state index contributed by atoms with van der Waals surface area (Å²) in [7, 11) is 0. The van der Waals surface area contributed by atoms with Crippen molar-refractivity contribution in [2.45, 2.75) is 32.7 Å². The Kier molecular flexibility index (Phi) is 4.77. The van der Waals surface area contributed by atoms with Crippen LogP contribution in [0.1, 0.15) is 41.8 Å². The highest BCUT2D eigenvalue weighted by atomic mass is 16.2. The number of anilines is 1. The quantitative estimate of drug-likeness (QED) is 0.750. The Morgan fingerprint density at radius 3 is 2.61 bits per heavy atom. The van der Waals surface area contributed by atoms with E-state index in [4.69, 9.17) is 5.73 Å². The van der Waals surface area contributed by atoms with E-state index in [-0.39, 0.29) is 17.8 Å².